The van der Waals surface area contributed by atoms with Gasteiger partial charge in [0.15, 0.2) is 0 Å². The molecular formula is C40H40. The van der Waals surface area contributed by atoms with Crippen LogP contribution in [0.4, 0.5) is 0 Å². The van der Waals surface area contributed by atoms with Crippen molar-refractivity contribution < 1.29 is 0 Å². The maximum atomic E-state index is 2.46. The molecule has 0 nitrogen and oxygen atoms in total. The molecule has 0 saturated carbocycles. The minimum atomic E-state index is -0.128. The standard InChI is InChI=1S/C40H40/c1-5-33-35(29-21-13-9-14-22-29)37(31-25-17-11-18-26-31)40(8-4)34(6-2)36(30-23-15-10-16-24-30)38(39(33,40)7-3)32-27-19-12-20-28-32/h5,9-28,38H,6-8H2,1-4H3. The summed E-state index contributed by atoms with van der Waals surface area (Å²) in [6, 6.07) is 45.1. The van der Waals surface area contributed by atoms with Gasteiger partial charge < -0.3 is 0 Å². The highest BCUT2D eigenvalue weighted by Gasteiger charge is 2.69. The molecule has 0 bridgehead atoms. The smallest absolute Gasteiger partial charge is 0.0283 e. The first-order valence-electron chi connectivity index (χ1n) is 15.1. The molecule has 3 unspecified atom stereocenters. The first-order chi connectivity index (χ1) is 19.7. The largest absolute Gasteiger partial charge is 0.0832 e. The highest BCUT2D eigenvalue weighted by atomic mass is 14.7. The molecule has 0 fully saturated rings. The normalized spacial score (nSPS) is 25.1. The first-order valence-corrected chi connectivity index (χ1v) is 15.1. The van der Waals surface area contributed by atoms with E-state index in [1.165, 1.54) is 44.5 Å². The summed E-state index contributed by atoms with van der Waals surface area (Å²) in [5.41, 5.74) is 12.8. The van der Waals surface area contributed by atoms with Crippen molar-refractivity contribution in [2.24, 2.45) is 10.8 Å². The third-order valence-corrected chi connectivity index (χ3v) is 9.88. The number of rotatable bonds is 7. The fourth-order valence-electron chi connectivity index (χ4n) is 8.75. The Morgan fingerprint density at radius 2 is 1.10 bits per heavy atom. The molecule has 0 saturated heterocycles. The number of fused-ring (bicyclic) bond motifs is 1. The van der Waals surface area contributed by atoms with Gasteiger partial charge in [0.05, 0.1) is 0 Å². The monoisotopic (exact) mass is 520 g/mol. The van der Waals surface area contributed by atoms with E-state index >= 15 is 0 Å². The van der Waals surface area contributed by atoms with Crippen molar-refractivity contribution in [2.45, 2.75) is 52.9 Å². The summed E-state index contributed by atoms with van der Waals surface area (Å²) in [5.74, 6) is 0.252. The van der Waals surface area contributed by atoms with Crippen LogP contribution in [0.1, 0.15) is 75.1 Å². The molecule has 0 aliphatic heterocycles. The van der Waals surface area contributed by atoms with Crippen LogP contribution in [0.2, 0.25) is 0 Å². The van der Waals surface area contributed by atoms with E-state index in [4.69, 9.17) is 0 Å². The summed E-state index contributed by atoms with van der Waals surface area (Å²) in [6.07, 6.45) is 5.61. The van der Waals surface area contributed by atoms with Crippen LogP contribution in [-0.2, 0) is 0 Å². The lowest BCUT2D eigenvalue weighted by molar-refractivity contribution is 0.177. The Morgan fingerprint density at radius 3 is 1.57 bits per heavy atom. The lowest BCUT2D eigenvalue weighted by Crippen LogP contribution is -2.41. The molecule has 2 aliphatic rings. The second kappa shape index (κ2) is 10.6. The van der Waals surface area contributed by atoms with Gasteiger partial charge in [-0.1, -0.05) is 154 Å². The van der Waals surface area contributed by atoms with E-state index in [0.717, 1.165) is 19.3 Å². The van der Waals surface area contributed by atoms with E-state index in [0.29, 0.717) is 0 Å². The Balaban J connectivity index is 1.84. The zero-order valence-electron chi connectivity index (χ0n) is 24.3. The molecular weight excluding hydrogens is 480 g/mol. The third-order valence-electron chi connectivity index (χ3n) is 9.88. The Hall–Kier alpha value is -3.90. The average Bonchev–Trinajstić information content (AvgIpc) is 3.44. The topological polar surface area (TPSA) is 0 Å². The Morgan fingerprint density at radius 1 is 0.600 bits per heavy atom. The second-order valence-corrected chi connectivity index (χ2v) is 11.2. The summed E-state index contributed by atoms with van der Waals surface area (Å²) in [7, 11) is 0. The molecule has 0 spiro atoms. The molecule has 2 aliphatic carbocycles. The summed E-state index contributed by atoms with van der Waals surface area (Å²) in [4.78, 5) is 0. The molecule has 0 heterocycles. The molecule has 0 amide bonds. The van der Waals surface area contributed by atoms with Crippen LogP contribution in [0.3, 0.4) is 0 Å². The molecule has 0 radical (unpaired) electrons. The molecule has 4 aromatic carbocycles. The van der Waals surface area contributed by atoms with E-state index in [9.17, 15) is 0 Å². The minimum absolute atomic E-state index is 0.106. The van der Waals surface area contributed by atoms with Crippen LogP contribution in [-0.4, -0.2) is 0 Å². The van der Waals surface area contributed by atoms with Crippen molar-refractivity contribution in [3.63, 3.8) is 0 Å². The van der Waals surface area contributed by atoms with Gasteiger partial charge in [-0.05, 0) is 70.7 Å². The summed E-state index contributed by atoms with van der Waals surface area (Å²) in [5, 5.41) is 0. The first kappa shape index (κ1) is 26.3. The van der Waals surface area contributed by atoms with Gasteiger partial charge in [0.25, 0.3) is 0 Å². The van der Waals surface area contributed by atoms with Gasteiger partial charge in [0.1, 0.15) is 0 Å². The number of allylic oxidation sites excluding steroid dienone is 6. The van der Waals surface area contributed by atoms with Crippen LogP contribution >= 0.6 is 0 Å². The number of hydrogen-bond acceptors (Lipinski definition) is 0. The maximum absolute atomic E-state index is 2.46. The van der Waals surface area contributed by atoms with Crippen molar-refractivity contribution in [3.8, 4) is 0 Å². The van der Waals surface area contributed by atoms with Crippen molar-refractivity contribution in [3.05, 3.63) is 161 Å². The van der Waals surface area contributed by atoms with Crippen LogP contribution in [0, 0.1) is 10.8 Å². The van der Waals surface area contributed by atoms with E-state index in [2.05, 4.69) is 155 Å². The van der Waals surface area contributed by atoms with Crippen molar-refractivity contribution in [2.75, 3.05) is 0 Å². The third kappa shape index (κ3) is 3.51. The molecule has 200 valence electrons. The molecule has 0 heteroatoms. The fraction of sp³-hybridized carbons (Fsp3) is 0.250. The fourth-order valence-corrected chi connectivity index (χ4v) is 8.75. The lowest BCUT2D eigenvalue weighted by Gasteiger charge is -2.48. The van der Waals surface area contributed by atoms with Gasteiger partial charge >= 0.3 is 0 Å². The Kier molecular flexibility index (Phi) is 6.97. The second-order valence-electron chi connectivity index (χ2n) is 11.2. The van der Waals surface area contributed by atoms with Crippen molar-refractivity contribution >= 4 is 16.7 Å². The maximum Gasteiger partial charge on any atom is 0.0283 e. The molecule has 0 N–H and O–H groups in total. The highest BCUT2D eigenvalue weighted by molar-refractivity contribution is 6.09. The predicted octanol–water partition coefficient (Wildman–Crippen LogP) is 11.0. The van der Waals surface area contributed by atoms with Crippen molar-refractivity contribution in [1.82, 2.24) is 0 Å². The summed E-state index contributed by atoms with van der Waals surface area (Å²) < 4.78 is 0. The van der Waals surface area contributed by atoms with E-state index < -0.39 is 0 Å². The summed E-state index contributed by atoms with van der Waals surface area (Å²) in [6.45, 7) is 9.56. The van der Waals surface area contributed by atoms with E-state index in [1.54, 1.807) is 5.57 Å². The van der Waals surface area contributed by atoms with Crippen molar-refractivity contribution in [1.29, 1.82) is 0 Å². The predicted molar refractivity (Wildman–Crippen MR) is 172 cm³/mol. The SMILES string of the molecule is CC=C1C(c2ccccc2)=C(c2ccccc2)C2(CC)C(CC)=C(c3ccccc3)C(c3ccccc3)C12CC. The van der Waals surface area contributed by atoms with Gasteiger partial charge in [0.2, 0.25) is 0 Å². The lowest BCUT2D eigenvalue weighted by atomic mass is 9.53. The molecule has 6 rings (SSSR count). The Bertz CT molecular complexity index is 1570. The van der Waals surface area contributed by atoms with Crippen LogP contribution < -0.4 is 0 Å². The van der Waals surface area contributed by atoms with E-state index in [-0.39, 0.29) is 16.7 Å². The van der Waals surface area contributed by atoms with Gasteiger partial charge in [-0.25, -0.2) is 0 Å². The van der Waals surface area contributed by atoms with Gasteiger partial charge in [-0.3, -0.25) is 0 Å². The number of hydrogen-bond donors (Lipinski definition) is 0. The zero-order chi connectivity index (χ0) is 27.7. The van der Waals surface area contributed by atoms with Gasteiger partial charge in [0, 0.05) is 16.7 Å². The zero-order valence-corrected chi connectivity index (χ0v) is 24.3. The molecule has 4 aromatic rings. The quantitative estimate of drug-likeness (QED) is 0.227. The van der Waals surface area contributed by atoms with Crippen LogP contribution in [0.15, 0.2) is 139 Å². The highest BCUT2D eigenvalue weighted by Crippen LogP contribution is 2.80. The minimum Gasteiger partial charge on any atom is -0.0832 e. The average molecular weight is 521 g/mol. The molecule has 3 atom stereocenters. The van der Waals surface area contributed by atoms with Gasteiger partial charge in [-0.2, -0.15) is 0 Å². The van der Waals surface area contributed by atoms with E-state index in [1.807, 2.05) is 0 Å². The van der Waals surface area contributed by atoms with Gasteiger partial charge in [-0.15, -0.1) is 0 Å². The molecule has 0 aromatic heterocycles. The van der Waals surface area contributed by atoms with Crippen LogP contribution in [0.25, 0.3) is 16.7 Å². The summed E-state index contributed by atoms with van der Waals surface area (Å²) >= 11 is 0. The number of benzene rings is 4. The van der Waals surface area contributed by atoms with Crippen LogP contribution in [0.5, 0.6) is 0 Å². The Labute approximate surface area is 240 Å². The molecule has 40 heavy (non-hydrogen) atoms.